The van der Waals surface area contributed by atoms with Gasteiger partial charge in [-0.1, -0.05) is 0 Å². The van der Waals surface area contributed by atoms with Crippen molar-refractivity contribution in [2.45, 2.75) is 19.9 Å². The largest absolute Gasteiger partial charge is 0.464 e. The van der Waals surface area contributed by atoms with E-state index in [2.05, 4.69) is 0 Å². The first-order chi connectivity index (χ1) is 6.54. The minimum absolute atomic E-state index is 0.253. The van der Waals surface area contributed by atoms with Crippen LogP contribution in [0.25, 0.3) is 0 Å². The zero-order chi connectivity index (χ0) is 11.1. The zero-order valence-corrected chi connectivity index (χ0v) is 9.07. The van der Waals surface area contributed by atoms with E-state index in [1.807, 2.05) is 0 Å². The molecule has 5 heteroatoms. The fourth-order valence-corrected chi connectivity index (χ4v) is 0.960. The molecule has 0 saturated heterocycles. The summed E-state index contributed by atoms with van der Waals surface area (Å²) in [7, 11) is 3.25. The molecule has 0 aromatic heterocycles. The molecule has 5 nitrogen and oxygen atoms in total. The molecular weight excluding hydrogens is 186 g/mol. The molecule has 0 heterocycles. The minimum atomic E-state index is -0.963. The Balaban J connectivity index is 4.42. The summed E-state index contributed by atoms with van der Waals surface area (Å²) < 4.78 is 9.50. The van der Waals surface area contributed by atoms with Gasteiger partial charge in [-0.3, -0.25) is 4.90 Å². The van der Waals surface area contributed by atoms with Crippen LogP contribution in [0.2, 0.25) is 0 Å². The number of hydrogen-bond acceptors (Lipinski definition) is 5. The van der Waals surface area contributed by atoms with E-state index in [0.717, 1.165) is 0 Å². The third-order valence-electron chi connectivity index (χ3n) is 1.54. The molecule has 0 spiro atoms. The first kappa shape index (κ1) is 12.9. The van der Waals surface area contributed by atoms with Gasteiger partial charge in [0.15, 0.2) is 0 Å². The molecule has 0 rings (SSSR count). The monoisotopic (exact) mass is 203 g/mol. The highest BCUT2D eigenvalue weighted by atomic mass is 16.6. The van der Waals surface area contributed by atoms with Crippen LogP contribution in [-0.4, -0.2) is 50.2 Å². The Morgan fingerprint density at radius 1 is 1.07 bits per heavy atom. The maximum atomic E-state index is 11.3. The highest BCUT2D eigenvalue weighted by Crippen LogP contribution is 2.00. The van der Waals surface area contributed by atoms with Crippen LogP contribution in [-0.2, 0) is 19.1 Å². The smallest absolute Gasteiger partial charge is 0.335 e. The summed E-state index contributed by atoms with van der Waals surface area (Å²) in [4.78, 5) is 24.1. The molecule has 0 atom stereocenters. The van der Waals surface area contributed by atoms with Gasteiger partial charge in [0, 0.05) is 0 Å². The van der Waals surface area contributed by atoms with E-state index in [4.69, 9.17) is 9.47 Å². The number of nitrogens with zero attached hydrogens (tertiary/aromatic N) is 1. The van der Waals surface area contributed by atoms with Gasteiger partial charge in [-0.25, -0.2) is 9.59 Å². The highest BCUT2D eigenvalue weighted by molar-refractivity contribution is 5.99. The number of rotatable bonds is 5. The molecule has 0 aliphatic rings. The van der Waals surface area contributed by atoms with Crippen LogP contribution < -0.4 is 0 Å². The molecule has 0 saturated carbocycles. The standard InChI is InChI=1S/C9H17NO4/c1-5-13-8(11)7(10(3)4)9(12)14-6-2/h7H,5-6H2,1-4H3. The van der Waals surface area contributed by atoms with Gasteiger partial charge in [0.05, 0.1) is 13.2 Å². The number of esters is 2. The predicted octanol–water partition coefficient (Wildman–Crippen LogP) is 0.0428. The average Bonchev–Trinajstić information content (AvgIpc) is 2.04. The maximum absolute atomic E-state index is 11.3. The predicted molar refractivity (Wildman–Crippen MR) is 50.7 cm³/mol. The molecule has 0 aliphatic heterocycles. The van der Waals surface area contributed by atoms with Crippen molar-refractivity contribution in [1.29, 1.82) is 0 Å². The molecule has 0 N–H and O–H groups in total. The van der Waals surface area contributed by atoms with Crippen molar-refractivity contribution in [3.63, 3.8) is 0 Å². The van der Waals surface area contributed by atoms with Crippen LogP contribution in [0.3, 0.4) is 0 Å². The van der Waals surface area contributed by atoms with Gasteiger partial charge in [-0.15, -0.1) is 0 Å². The van der Waals surface area contributed by atoms with E-state index < -0.39 is 18.0 Å². The lowest BCUT2D eigenvalue weighted by Crippen LogP contribution is -2.44. The SMILES string of the molecule is CCOC(=O)C(C(=O)OCC)N(C)C. The van der Waals surface area contributed by atoms with Crippen LogP contribution in [0.5, 0.6) is 0 Å². The van der Waals surface area contributed by atoms with E-state index in [1.54, 1.807) is 27.9 Å². The maximum Gasteiger partial charge on any atom is 0.335 e. The molecular formula is C9H17NO4. The van der Waals surface area contributed by atoms with E-state index in [9.17, 15) is 9.59 Å². The number of carbonyl (C=O) groups excluding carboxylic acids is 2. The second kappa shape index (κ2) is 6.37. The highest BCUT2D eigenvalue weighted by Gasteiger charge is 2.31. The van der Waals surface area contributed by atoms with Crippen molar-refractivity contribution in [3.05, 3.63) is 0 Å². The number of likely N-dealkylation sites (N-methyl/N-ethyl adjacent to an activating group) is 1. The third kappa shape index (κ3) is 3.74. The Bertz CT molecular complexity index is 185. The normalized spacial score (nSPS) is 10.4. The Morgan fingerprint density at radius 3 is 1.64 bits per heavy atom. The molecule has 0 fully saturated rings. The van der Waals surface area contributed by atoms with Crippen molar-refractivity contribution >= 4 is 11.9 Å². The van der Waals surface area contributed by atoms with E-state index in [0.29, 0.717) is 0 Å². The van der Waals surface area contributed by atoms with E-state index in [1.165, 1.54) is 4.90 Å². The number of carbonyl (C=O) groups is 2. The van der Waals surface area contributed by atoms with Gasteiger partial charge < -0.3 is 9.47 Å². The summed E-state index contributed by atoms with van der Waals surface area (Å²) in [5, 5.41) is 0. The fourth-order valence-electron chi connectivity index (χ4n) is 0.960. The van der Waals surface area contributed by atoms with Gasteiger partial charge in [0.2, 0.25) is 6.04 Å². The molecule has 0 unspecified atom stereocenters. The molecule has 0 bridgehead atoms. The van der Waals surface area contributed by atoms with Crippen LogP contribution in [0.4, 0.5) is 0 Å². The fraction of sp³-hybridized carbons (Fsp3) is 0.778. The van der Waals surface area contributed by atoms with Crippen molar-refractivity contribution in [2.75, 3.05) is 27.3 Å². The van der Waals surface area contributed by atoms with Crippen molar-refractivity contribution < 1.29 is 19.1 Å². The second-order valence-electron chi connectivity index (χ2n) is 2.87. The molecule has 14 heavy (non-hydrogen) atoms. The van der Waals surface area contributed by atoms with Crippen LogP contribution in [0, 0.1) is 0 Å². The Morgan fingerprint density at radius 2 is 1.43 bits per heavy atom. The lowest BCUT2D eigenvalue weighted by molar-refractivity contribution is -0.162. The van der Waals surface area contributed by atoms with E-state index in [-0.39, 0.29) is 13.2 Å². The zero-order valence-electron chi connectivity index (χ0n) is 9.07. The first-order valence-corrected chi connectivity index (χ1v) is 4.54. The lowest BCUT2D eigenvalue weighted by atomic mass is 10.3. The minimum Gasteiger partial charge on any atom is -0.464 e. The summed E-state index contributed by atoms with van der Waals surface area (Å²) in [5.41, 5.74) is 0. The third-order valence-corrected chi connectivity index (χ3v) is 1.54. The summed E-state index contributed by atoms with van der Waals surface area (Å²) in [6, 6.07) is -0.963. The molecule has 0 aromatic carbocycles. The van der Waals surface area contributed by atoms with Gasteiger partial charge in [0.1, 0.15) is 0 Å². The lowest BCUT2D eigenvalue weighted by Gasteiger charge is -2.20. The summed E-state index contributed by atoms with van der Waals surface area (Å²) in [6.07, 6.45) is 0. The summed E-state index contributed by atoms with van der Waals surface area (Å²) >= 11 is 0. The van der Waals surface area contributed by atoms with Gasteiger partial charge in [0.25, 0.3) is 0 Å². The second-order valence-corrected chi connectivity index (χ2v) is 2.87. The Labute approximate surface area is 84.0 Å². The van der Waals surface area contributed by atoms with Gasteiger partial charge in [-0.05, 0) is 27.9 Å². The van der Waals surface area contributed by atoms with Crippen molar-refractivity contribution in [1.82, 2.24) is 4.90 Å². The molecule has 0 aliphatic carbocycles. The van der Waals surface area contributed by atoms with Crippen molar-refractivity contribution in [3.8, 4) is 0 Å². The van der Waals surface area contributed by atoms with Gasteiger partial charge in [-0.2, -0.15) is 0 Å². The van der Waals surface area contributed by atoms with Crippen LogP contribution in [0.1, 0.15) is 13.8 Å². The molecule has 0 amide bonds. The van der Waals surface area contributed by atoms with Gasteiger partial charge >= 0.3 is 11.9 Å². The number of hydrogen-bond donors (Lipinski definition) is 0. The molecule has 82 valence electrons. The number of ether oxygens (including phenoxy) is 2. The average molecular weight is 203 g/mol. The quantitative estimate of drug-likeness (QED) is 0.466. The topological polar surface area (TPSA) is 55.8 Å². The summed E-state index contributed by atoms with van der Waals surface area (Å²) in [5.74, 6) is -1.15. The Kier molecular flexibility index (Phi) is 5.87. The van der Waals surface area contributed by atoms with Crippen LogP contribution >= 0.6 is 0 Å². The molecule has 0 radical (unpaired) electrons. The molecule has 0 aromatic rings. The Hall–Kier alpha value is -1.10. The van der Waals surface area contributed by atoms with E-state index >= 15 is 0 Å². The first-order valence-electron chi connectivity index (χ1n) is 4.54. The van der Waals surface area contributed by atoms with Crippen molar-refractivity contribution in [2.24, 2.45) is 0 Å². The van der Waals surface area contributed by atoms with Crippen LogP contribution in [0.15, 0.2) is 0 Å². The summed E-state index contributed by atoms with van der Waals surface area (Å²) in [6.45, 7) is 3.89.